The van der Waals surface area contributed by atoms with Gasteiger partial charge in [0.15, 0.2) is 0 Å². The van der Waals surface area contributed by atoms with E-state index in [0.29, 0.717) is 13.0 Å². The minimum absolute atomic E-state index is 0.228. The normalized spacial score (nSPS) is 13.3. The Bertz CT molecular complexity index is 651. The van der Waals surface area contributed by atoms with Crippen LogP contribution in [-0.2, 0) is 23.0 Å². The molecule has 0 saturated heterocycles. The van der Waals surface area contributed by atoms with E-state index >= 15 is 0 Å². The van der Waals surface area contributed by atoms with Crippen LogP contribution in [0.15, 0.2) is 52.0 Å². The van der Waals surface area contributed by atoms with E-state index in [4.69, 9.17) is 10.2 Å². The number of rotatable bonds is 6. The Kier molecular flexibility index (Phi) is 4.59. The second kappa shape index (κ2) is 6.21. The predicted octanol–water partition coefficient (Wildman–Crippen LogP) is 1.65. The number of hydrogen-bond acceptors (Lipinski definition) is 4. The van der Waals surface area contributed by atoms with Crippen LogP contribution in [0.25, 0.3) is 0 Å². The molecule has 0 fully saturated rings. The molecule has 108 valence electrons. The lowest BCUT2D eigenvalue weighted by Gasteiger charge is -2.13. The fraction of sp³-hybridized carbons (Fsp3) is 0.286. The molecule has 0 bridgehead atoms. The third-order valence-electron chi connectivity index (χ3n) is 2.89. The zero-order valence-electron chi connectivity index (χ0n) is 11.2. The van der Waals surface area contributed by atoms with Crippen LogP contribution in [0.1, 0.15) is 18.2 Å². The highest BCUT2D eigenvalue weighted by Gasteiger charge is 2.18. The van der Waals surface area contributed by atoms with Crippen molar-refractivity contribution in [2.24, 2.45) is 5.73 Å². The number of nitrogens with two attached hydrogens (primary N) is 1. The summed E-state index contributed by atoms with van der Waals surface area (Å²) in [7, 11) is -3.54. The van der Waals surface area contributed by atoms with Crippen molar-refractivity contribution < 1.29 is 12.8 Å². The van der Waals surface area contributed by atoms with E-state index in [0.717, 1.165) is 11.3 Å². The van der Waals surface area contributed by atoms with Crippen molar-refractivity contribution in [2.45, 2.75) is 30.8 Å². The van der Waals surface area contributed by atoms with Crippen LogP contribution < -0.4 is 10.5 Å². The molecule has 1 aromatic carbocycles. The largest absolute Gasteiger partial charge is 0.469 e. The van der Waals surface area contributed by atoms with Crippen LogP contribution >= 0.6 is 0 Å². The van der Waals surface area contributed by atoms with Gasteiger partial charge in [-0.05, 0) is 36.8 Å². The predicted molar refractivity (Wildman–Crippen MR) is 76.5 cm³/mol. The molecule has 0 radical (unpaired) electrons. The molecule has 1 unspecified atom stereocenters. The zero-order chi connectivity index (χ0) is 14.6. The Labute approximate surface area is 118 Å². The molecule has 1 heterocycles. The molecule has 0 saturated carbocycles. The molecule has 1 atom stereocenters. The molecule has 1 aromatic heterocycles. The van der Waals surface area contributed by atoms with Crippen LogP contribution in [0.5, 0.6) is 0 Å². The Morgan fingerprint density at radius 2 is 2.10 bits per heavy atom. The van der Waals surface area contributed by atoms with Gasteiger partial charge in [0.25, 0.3) is 0 Å². The summed E-state index contributed by atoms with van der Waals surface area (Å²) in [5, 5.41) is 0. The van der Waals surface area contributed by atoms with Gasteiger partial charge in [-0.1, -0.05) is 12.1 Å². The molecule has 20 heavy (non-hydrogen) atoms. The third-order valence-corrected chi connectivity index (χ3v) is 4.48. The molecule has 0 amide bonds. The summed E-state index contributed by atoms with van der Waals surface area (Å²) in [4.78, 5) is 0.228. The molecule has 0 spiro atoms. The summed E-state index contributed by atoms with van der Waals surface area (Å²) in [6, 6.07) is 9.97. The lowest BCUT2D eigenvalue weighted by atomic mass is 10.2. The lowest BCUT2D eigenvalue weighted by molar-refractivity contribution is 0.479. The van der Waals surface area contributed by atoms with Crippen LogP contribution in [0.2, 0.25) is 0 Å². The second-order valence-electron chi connectivity index (χ2n) is 4.66. The van der Waals surface area contributed by atoms with Crippen molar-refractivity contribution in [3.05, 3.63) is 54.0 Å². The summed E-state index contributed by atoms with van der Waals surface area (Å²) < 4.78 is 32.4. The molecule has 2 rings (SSSR count). The summed E-state index contributed by atoms with van der Waals surface area (Å²) in [5.74, 6) is 0.746. The van der Waals surface area contributed by atoms with Gasteiger partial charge in [0, 0.05) is 19.0 Å². The molecule has 2 aromatic rings. The molecular weight excluding hydrogens is 276 g/mol. The fourth-order valence-corrected chi connectivity index (χ4v) is 3.26. The highest BCUT2D eigenvalue weighted by atomic mass is 32.2. The number of furan rings is 1. The average molecular weight is 294 g/mol. The topological polar surface area (TPSA) is 85.3 Å². The minimum Gasteiger partial charge on any atom is -0.469 e. The monoisotopic (exact) mass is 294 g/mol. The number of sulfonamides is 1. The van der Waals surface area contributed by atoms with E-state index < -0.39 is 10.0 Å². The first-order valence-electron chi connectivity index (χ1n) is 6.35. The van der Waals surface area contributed by atoms with Gasteiger partial charge in [0.05, 0.1) is 11.2 Å². The van der Waals surface area contributed by atoms with Gasteiger partial charge in [0.2, 0.25) is 10.0 Å². The maximum Gasteiger partial charge on any atom is 0.240 e. The van der Waals surface area contributed by atoms with Gasteiger partial charge in [-0.3, -0.25) is 0 Å². The molecule has 6 heteroatoms. The fourth-order valence-electron chi connectivity index (χ4n) is 1.94. The van der Waals surface area contributed by atoms with Crippen molar-refractivity contribution in [3.8, 4) is 0 Å². The van der Waals surface area contributed by atoms with Gasteiger partial charge in [-0.25, -0.2) is 13.1 Å². The van der Waals surface area contributed by atoms with Crippen molar-refractivity contribution in [1.29, 1.82) is 0 Å². The lowest BCUT2D eigenvalue weighted by Crippen LogP contribution is -2.34. The van der Waals surface area contributed by atoms with Crippen LogP contribution in [-0.4, -0.2) is 14.5 Å². The summed E-state index contributed by atoms with van der Waals surface area (Å²) in [6.45, 7) is 2.11. The molecule has 5 nitrogen and oxygen atoms in total. The van der Waals surface area contributed by atoms with Crippen molar-refractivity contribution in [3.63, 3.8) is 0 Å². The minimum atomic E-state index is -3.54. The standard InChI is InChI=1S/C14H18N2O3S/c1-11(8-13-5-3-7-19-13)16-20(17,18)14-6-2-4-12(9-14)10-15/h2-7,9,11,16H,8,10,15H2,1H3. The van der Waals surface area contributed by atoms with Gasteiger partial charge in [-0.2, -0.15) is 0 Å². The van der Waals surface area contributed by atoms with Crippen molar-refractivity contribution in [1.82, 2.24) is 4.72 Å². The SMILES string of the molecule is CC(Cc1ccco1)NS(=O)(=O)c1cccc(CN)c1. The van der Waals surface area contributed by atoms with E-state index in [1.165, 1.54) is 0 Å². The van der Waals surface area contributed by atoms with E-state index in [1.807, 2.05) is 6.07 Å². The first kappa shape index (κ1) is 14.8. The summed E-state index contributed by atoms with van der Waals surface area (Å²) >= 11 is 0. The molecule has 0 aliphatic rings. The molecular formula is C14H18N2O3S. The van der Waals surface area contributed by atoms with Gasteiger partial charge >= 0.3 is 0 Å². The molecule has 3 N–H and O–H groups in total. The first-order chi connectivity index (χ1) is 9.51. The Morgan fingerprint density at radius 3 is 2.75 bits per heavy atom. The maximum atomic E-state index is 12.3. The van der Waals surface area contributed by atoms with Gasteiger partial charge in [0.1, 0.15) is 5.76 Å². The Hall–Kier alpha value is -1.63. The van der Waals surface area contributed by atoms with E-state index in [2.05, 4.69) is 4.72 Å². The first-order valence-corrected chi connectivity index (χ1v) is 7.83. The molecule has 0 aliphatic carbocycles. The van der Waals surface area contributed by atoms with Crippen LogP contribution in [0, 0.1) is 0 Å². The van der Waals surface area contributed by atoms with Crippen LogP contribution in [0.4, 0.5) is 0 Å². The van der Waals surface area contributed by atoms with Crippen molar-refractivity contribution in [2.75, 3.05) is 0 Å². The molecule has 0 aliphatic heterocycles. The zero-order valence-corrected chi connectivity index (χ0v) is 12.1. The third kappa shape index (κ3) is 3.69. The van der Waals surface area contributed by atoms with Gasteiger partial charge < -0.3 is 10.2 Å². The smallest absolute Gasteiger partial charge is 0.240 e. The number of hydrogen-bond donors (Lipinski definition) is 2. The summed E-state index contributed by atoms with van der Waals surface area (Å²) in [6.07, 6.45) is 2.07. The van der Waals surface area contributed by atoms with E-state index in [9.17, 15) is 8.42 Å². The number of nitrogens with one attached hydrogen (secondary N) is 1. The van der Waals surface area contributed by atoms with Crippen molar-refractivity contribution >= 4 is 10.0 Å². The Balaban J connectivity index is 2.10. The highest BCUT2D eigenvalue weighted by molar-refractivity contribution is 7.89. The van der Waals surface area contributed by atoms with Crippen LogP contribution in [0.3, 0.4) is 0 Å². The quantitative estimate of drug-likeness (QED) is 0.848. The summed E-state index contributed by atoms with van der Waals surface area (Å²) in [5.41, 5.74) is 6.31. The number of benzene rings is 1. The van der Waals surface area contributed by atoms with Gasteiger partial charge in [-0.15, -0.1) is 0 Å². The Morgan fingerprint density at radius 1 is 1.30 bits per heavy atom. The maximum absolute atomic E-state index is 12.3. The highest BCUT2D eigenvalue weighted by Crippen LogP contribution is 2.13. The average Bonchev–Trinajstić information content (AvgIpc) is 2.91. The van der Waals surface area contributed by atoms with E-state index in [1.54, 1.807) is 43.5 Å². The van der Waals surface area contributed by atoms with E-state index in [-0.39, 0.29) is 10.9 Å². The second-order valence-corrected chi connectivity index (χ2v) is 6.37.